The Labute approximate surface area is 231 Å². The molecule has 5 aromatic heterocycles. The molecule has 35 heavy (non-hydrogen) atoms. The molecule has 0 radical (unpaired) electrons. The Bertz CT molecular complexity index is 1410. The molecule has 0 bridgehead atoms. The van der Waals surface area contributed by atoms with Crippen LogP contribution in [0.15, 0.2) is 12.1 Å². The summed E-state index contributed by atoms with van der Waals surface area (Å²) in [5.41, 5.74) is 6.11. The van der Waals surface area contributed by atoms with Crippen molar-refractivity contribution in [1.29, 1.82) is 0 Å². The first-order valence-electron chi connectivity index (χ1n) is 13.4. The van der Waals surface area contributed by atoms with Crippen LogP contribution in [-0.4, -0.2) is 45.9 Å². The van der Waals surface area contributed by atoms with E-state index < -0.39 is 36.8 Å². The molecule has 190 valence electrons. The van der Waals surface area contributed by atoms with E-state index in [9.17, 15) is 0 Å². The first-order valence-corrected chi connectivity index (χ1v) is 35.8. The second-order valence-corrected chi connectivity index (χ2v) is 46.8. The van der Waals surface area contributed by atoms with E-state index in [2.05, 4.69) is 113 Å². The Balaban J connectivity index is 1.90. The molecule has 0 aliphatic rings. The number of rotatable bonds is 8. The third-order valence-corrected chi connectivity index (χ3v) is 30.3. The standard InChI is InChI=1S/C22H24N2S3.6CH3.2Sn/c1-5-13(3)11-23-15-7-9-25-19(15)21-17(23)18-22(27-21)20-16(8-10-26-20)24(18)12-14(4)6-2;;;;;;;;/h7-8,13-14H,5-6,11-12H2,1-4H3;6*1H3;;. The van der Waals surface area contributed by atoms with Gasteiger partial charge in [-0.2, -0.15) is 0 Å². The molecule has 0 amide bonds. The van der Waals surface area contributed by atoms with Crippen LogP contribution in [0.1, 0.15) is 40.5 Å². The molecule has 2 nitrogen and oxygen atoms in total. The number of hydrogen-bond acceptors (Lipinski definition) is 3. The van der Waals surface area contributed by atoms with Gasteiger partial charge in [-0.1, -0.05) is 0 Å². The third-order valence-electron chi connectivity index (χ3n) is 7.68. The van der Waals surface area contributed by atoms with Crippen LogP contribution in [0.4, 0.5) is 0 Å². The van der Waals surface area contributed by atoms with Crippen LogP contribution in [0.3, 0.4) is 0 Å². The average molecular weight is 740 g/mol. The first-order chi connectivity index (χ1) is 16.3. The second kappa shape index (κ2) is 9.49. The summed E-state index contributed by atoms with van der Waals surface area (Å²) in [7, 11) is 0. The zero-order valence-corrected chi connectivity index (χ0v) is 31.4. The molecule has 5 heterocycles. The first kappa shape index (κ1) is 26.9. The fourth-order valence-electron chi connectivity index (χ4n) is 4.95. The van der Waals surface area contributed by atoms with Gasteiger partial charge in [-0.15, -0.1) is 0 Å². The van der Waals surface area contributed by atoms with E-state index in [1.165, 1.54) is 34.9 Å². The van der Waals surface area contributed by atoms with Crippen LogP contribution in [0.25, 0.3) is 40.9 Å². The Kier molecular flexibility index (Phi) is 7.29. The molecule has 2 unspecified atom stereocenters. The van der Waals surface area contributed by atoms with Gasteiger partial charge in [0, 0.05) is 0 Å². The summed E-state index contributed by atoms with van der Waals surface area (Å²) in [4.78, 5) is 15.4. The van der Waals surface area contributed by atoms with Crippen molar-refractivity contribution >= 4 is 117 Å². The molecule has 0 saturated carbocycles. The van der Waals surface area contributed by atoms with Crippen LogP contribution in [0.2, 0.25) is 29.6 Å². The van der Waals surface area contributed by atoms with Crippen LogP contribution in [0, 0.1) is 11.8 Å². The van der Waals surface area contributed by atoms with Crippen molar-refractivity contribution in [2.45, 2.75) is 83.3 Å². The molecule has 0 saturated heterocycles. The van der Waals surface area contributed by atoms with Crippen LogP contribution >= 0.6 is 34.0 Å². The molecule has 0 spiro atoms. The fraction of sp³-hybridized carbons (Fsp3) is 0.571. The summed E-state index contributed by atoms with van der Waals surface area (Å²) >= 11 is 2.11. The van der Waals surface area contributed by atoms with Gasteiger partial charge in [0.25, 0.3) is 0 Å². The van der Waals surface area contributed by atoms with E-state index in [0.717, 1.165) is 13.1 Å². The van der Waals surface area contributed by atoms with Crippen molar-refractivity contribution in [2.75, 3.05) is 0 Å². The molecule has 0 aliphatic heterocycles. The monoisotopic (exact) mass is 742 g/mol. The Morgan fingerprint density at radius 2 is 1.00 bits per heavy atom. The predicted octanol–water partition coefficient (Wildman–Crippen LogP) is 9.27. The number of nitrogens with zero attached hydrogens (tertiary/aromatic N) is 2. The van der Waals surface area contributed by atoms with Crippen molar-refractivity contribution in [2.24, 2.45) is 11.8 Å². The predicted molar refractivity (Wildman–Crippen MR) is 171 cm³/mol. The third kappa shape index (κ3) is 4.59. The summed E-state index contributed by atoms with van der Waals surface area (Å²) < 4.78 is 15.2. The maximum atomic E-state index is 2.75. The molecule has 0 N–H and O–H groups in total. The number of thiophene rings is 3. The molecule has 2 atom stereocenters. The van der Waals surface area contributed by atoms with E-state index in [-0.39, 0.29) is 0 Å². The van der Waals surface area contributed by atoms with Crippen LogP contribution in [-0.2, 0) is 13.1 Å². The van der Waals surface area contributed by atoms with E-state index in [4.69, 9.17) is 0 Å². The molecule has 0 fully saturated rings. The van der Waals surface area contributed by atoms with Crippen molar-refractivity contribution in [3.05, 3.63) is 12.1 Å². The summed E-state index contributed by atoms with van der Waals surface area (Å²) in [5, 5.41) is 0. The minimum absolute atomic E-state index is 0.686. The van der Waals surface area contributed by atoms with E-state index in [1.807, 2.05) is 0 Å². The Hall–Kier alpha value is 0.297. The number of hydrogen-bond donors (Lipinski definition) is 0. The molecule has 5 aromatic rings. The second-order valence-electron chi connectivity index (χ2n) is 12.9. The fourth-order valence-corrected chi connectivity index (χ4v) is 19.2. The quantitative estimate of drug-likeness (QED) is 0.141. The molecule has 5 rings (SSSR count). The summed E-state index contributed by atoms with van der Waals surface area (Å²) in [6, 6.07) is 5.21. The molecular weight excluding hydrogens is 698 g/mol. The van der Waals surface area contributed by atoms with Gasteiger partial charge in [0.05, 0.1) is 0 Å². The van der Waals surface area contributed by atoms with Crippen LogP contribution < -0.4 is 5.79 Å². The van der Waals surface area contributed by atoms with Gasteiger partial charge in [-0.05, 0) is 0 Å². The van der Waals surface area contributed by atoms with Crippen molar-refractivity contribution in [3.8, 4) is 0 Å². The number of aromatic nitrogens is 2. The van der Waals surface area contributed by atoms with E-state index in [1.54, 1.807) is 24.6 Å². The number of fused-ring (bicyclic) bond motifs is 7. The van der Waals surface area contributed by atoms with E-state index >= 15 is 0 Å². The van der Waals surface area contributed by atoms with Crippen molar-refractivity contribution in [3.63, 3.8) is 0 Å². The summed E-state index contributed by atoms with van der Waals surface area (Å²) in [6.45, 7) is 11.8. The van der Waals surface area contributed by atoms with Gasteiger partial charge in [0.15, 0.2) is 0 Å². The topological polar surface area (TPSA) is 9.86 Å². The molecule has 7 heteroatoms. The zero-order valence-electron chi connectivity index (χ0n) is 23.3. The Morgan fingerprint density at radius 1 is 0.629 bits per heavy atom. The normalized spacial score (nSPS) is 15.4. The Morgan fingerprint density at radius 3 is 1.31 bits per heavy atom. The molecular formula is C28H42N2S3Sn2. The molecule has 0 aromatic carbocycles. The summed E-state index contributed by atoms with van der Waals surface area (Å²) in [5.74, 6) is 1.37. The van der Waals surface area contributed by atoms with Gasteiger partial charge in [-0.25, -0.2) is 0 Å². The van der Waals surface area contributed by atoms with Gasteiger partial charge in [0.2, 0.25) is 0 Å². The van der Waals surface area contributed by atoms with Gasteiger partial charge >= 0.3 is 234 Å². The van der Waals surface area contributed by atoms with E-state index in [0.29, 0.717) is 11.8 Å². The van der Waals surface area contributed by atoms with Gasteiger partial charge < -0.3 is 0 Å². The van der Waals surface area contributed by atoms with Crippen LogP contribution in [0.5, 0.6) is 0 Å². The maximum absolute atomic E-state index is 2.75. The SMILES string of the molecule is CCC(C)Cn1c2c[c]([Sn]([CH3])([CH3])[CH3])sc2c2sc3c4s[c]([Sn]([CH3])([CH3])[CH3])cc4n(CC(C)CC)c3c21. The zero-order chi connectivity index (χ0) is 25.4. The van der Waals surface area contributed by atoms with Crippen molar-refractivity contribution < 1.29 is 0 Å². The summed E-state index contributed by atoms with van der Waals surface area (Å²) in [6.07, 6.45) is 2.46. The average Bonchev–Trinajstić information content (AvgIpc) is 3.53. The van der Waals surface area contributed by atoms with Crippen molar-refractivity contribution in [1.82, 2.24) is 9.13 Å². The van der Waals surface area contributed by atoms with Gasteiger partial charge in [0.1, 0.15) is 0 Å². The molecule has 0 aliphatic carbocycles. The van der Waals surface area contributed by atoms with Gasteiger partial charge in [-0.3, -0.25) is 0 Å². The minimum atomic E-state index is -2.13.